The molecule has 0 unspecified atom stereocenters. The van der Waals surface area contributed by atoms with Crippen molar-refractivity contribution >= 4 is 0 Å². The highest BCUT2D eigenvalue weighted by molar-refractivity contribution is 5.23. The van der Waals surface area contributed by atoms with Crippen molar-refractivity contribution in [1.29, 1.82) is 0 Å². The Kier molecular flexibility index (Phi) is 2.87. The molecule has 0 amide bonds. The van der Waals surface area contributed by atoms with Crippen molar-refractivity contribution in [3.63, 3.8) is 0 Å². The highest BCUT2D eigenvalue weighted by Crippen LogP contribution is 2.21. The average Bonchev–Trinajstić information content (AvgIpc) is 2.07. The van der Waals surface area contributed by atoms with E-state index in [0.29, 0.717) is 0 Å². The zero-order chi connectivity index (χ0) is 10.0. The fourth-order valence-electron chi connectivity index (χ4n) is 0.950. The smallest absolute Gasteiger partial charge is 0.283 e. The van der Waals surface area contributed by atoms with Crippen molar-refractivity contribution < 1.29 is 18.3 Å². The van der Waals surface area contributed by atoms with Crippen LogP contribution < -0.4 is 0 Å². The first-order valence-corrected chi connectivity index (χ1v) is 3.61. The molecule has 0 bridgehead atoms. The first-order valence-electron chi connectivity index (χ1n) is 3.61. The van der Waals surface area contributed by atoms with E-state index in [-0.39, 0.29) is 11.3 Å². The van der Waals surface area contributed by atoms with E-state index in [1.54, 1.807) is 0 Å². The zero-order valence-corrected chi connectivity index (χ0v) is 6.89. The van der Waals surface area contributed by atoms with Gasteiger partial charge in [-0.05, 0) is 13.0 Å². The zero-order valence-electron chi connectivity index (χ0n) is 6.89. The predicted molar refractivity (Wildman–Crippen MR) is 39.8 cm³/mol. The van der Waals surface area contributed by atoms with Crippen LogP contribution in [0.15, 0.2) is 6.07 Å². The van der Waals surface area contributed by atoms with Gasteiger partial charge in [0, 0.05) is 11.3 Å². The molecule has 0 fully saturated rings. The number of aromatic nitrogens is 1. The van der Waals surface area contributed by atoms with Gasteiger partial charge < -0.3 is 5.11 Å². The molecule has 0 aliphatic rings. The van der Waals surface area contributed by atoms with Crippen molar-refractivity contribution in [2.24, 2.45) is 0 Å². The van der Waals surface area contributed by atoms with Crippen LogP contribution >= 0.6 is 0 Å². The number of hydrogen-bond acceptors (Lipinski definition) is 2. The van der Waals surface area contributed by atoms with Gasteiger partial charge in [0.2, 0.25) is 0 Å². The molecule has 72 valence electrons. The summed E-state index contributed by atoms with van der Waals surface area (Å²) in [6, 6.07) is 0.879. The lowest BCUT2D eigenvalue weighted by atomic mass is 10.2. The molecule has 1 aromatic heterocycles. The second-order valence-corrected chi connectivity index (χ2v) is 2.56. The second kappa shape index (κ2) is 3.74. The van der Waals surface area contributed by atoms with E-state index in [2.05, 4.69) is 4.98 Å². The summed E-state index contributed by atoms with van der Waals surface area (Å²) in [6.45, 7) is 1.04. The quantitative estimate of drug-likeness (QED) is 0.775. The third kappa shape index (κ3) is 1.98. The Bertz CT molecular complexity index is 315. The fraction of sp³-hybridized carbons (Fsp3) is 0.375. The first kappa shape index (κ1) is 9.98. The SMILES string of the molecule is Cc1nc(C(F)F)c(F)cc1CO. The minimum Gasteiger partial charge on any atom is -0.392 e. The van der Waals surface area contributed by atoms with Crippen LogP contribution in [-0.4, -0.2) is 10.1 Å². The Balaban J connectivity index is 3.20. The second-order valence-electron chi connectivity index (χ2n) is 2.56. The molecule has 0 spiro atoms. The topological polar surface area (TPSA) is 33.1 Å². The molecule has 0 aliphatic heterocycles. The minimum absolute atomic E-state index is 0.221. The van der Waals surface area contributed by atoms with E-state index < -0.39 is 24.5 Å². The van der Waals surface area contributed by atoms with Crippen LogP contribution in [0.3, 0.4) is 0 Å². The number of nitrogens with zero attached hydrogens (tertiary/aromatic N) is 1. The van der Waals surface area contributed by atoms with Crippen molar-refractivity contribution in [3.8, 4) is 0 Å². The Morgan fingerprint density at radius 1 is 1.54 bits per heavy atom. The molecular weight excluding hydrogens is 183 g/mol. The van der Waals surface area contributed by atoms with Crippen molar-refractivity contribution in [1.82, 2.24) is 4.98 Å². The summed E-state index contributed by atoms with van der Waals surface area (Å²) >= 11 is 0. The van der Waals surface area contributed by atoms with Crippen LogP contribution in [0.1, 0.15) is 23.4 Å². The third-order valence-corrected chi connectivity index (χ3v) is 1.68. The molecule has 0 saturated heterocycles. The molecule has 1 N–H and O–H groups in total. The largest absolute Gasteiger partial charge is 0.392 e. The summed E-state index contributed by atoms with van der Waals surface area (Å²) in [5.41, 5.74) is -0.421. The van der Waals surface area contributed by atoms with E-state index in [4.69, 9.17) is 5.11 Å². The number of aliphatic hydroxyl groups is 1. The van der Waals surface area contributed by atoms with Gasteiger partial charge in [-0.3, -0.25) is 0 Å². The summed E-state index contributed by atoms with van der Waals surface area (Å²) in [5.74, 6) is -1.08. The molecular formula is C8H8F3NO. The summed E-state index contributed by atoms with van der Waals surface area (Å²) in [7, 11) is 0. The molecule has 1 heterocycles. The number of pyridine rings is 1. The van der Waals surface area contributed by atoms with Gasteiger partial charge in [-0.2, -0.15) is 0 Å². The number of aryl methyl sites for hydroxylation is 1. The Morgan fingerprint density at radius 2 is 2.15 bits per heavy atom. The summed E-state index contributed by atoms with van der Waals surface area (Å²) < 4.78 is 37.0. The van der Waals surface area contributed by atoms with Crippen LogP contribution in [0, 0.1) is 12.7 Å². The molecule has 5 heteroatoms. The number of hydrogen-bond donors (Lipinski definition) is 1. The number of alkyl halides is 2. The average molecular weight is 191 g/mol. The van der Waals surface area contributed by atoms with Crippen LogP contribution in [0.5, 0.6) is 0 Å². The molecule has 0 saturated carbocycles. The van der Waals surface area contributed by atoms with Gasteiger partial charge in [0.25, 0.3) is 6.43 Å². The number of aliphatic hydroxyl groups excluding tert-OH is 1. The van der Waals surface area contributed by atoms with E-state index in [1.165, 1.54) is 6.92 Å². The lowest BCUT2D eigenvalue weighted by Gasteiger charge is -2.05. The Labute approximate surface area is 73.0 Å². The normalized spacial score (nSPS) is 10.9. The lowest BCUT2D eigenvalue weighted by Crippen LogP contribution is -2.02. The van der Waals surface area contributed by atoms with E-state index in [0.717, 1.165) is 6.07 Å². The van der Waals surface area contributed by atoms with E-state index in [1.807, 2.05) is 0 Å². The van der Waals surface area contributed by atoms with Gasteiger partial charge in [-0.15, -0.1) is 0 Å². The lowest BCUT2D eigenvalue weighted by molar-refractivity contribution is 0.140. The van der Waals surface area contributed by atoms with Gasteiger partial charge in [-0.1, -0.05) is 0 Å². The van der Waals surface area contributed by atoms with Crippen molar-refractivity contribution in [2.75, 3.05) is 0 Å². The fourth-order valence-corrected chi connectivity index (χ4v) is 0.950. The Morgan fingerprint density at radius 3 is 2.62 bits per heavy atom. The highest BCUT2D eigenvalue weighted by Gasteiger charge is 2.16. The maximum absolute atomic E-state index is 12.8. The molecule has 0 aliphatic carbocycles. The summed E-state index contributed by atoms with van der Waals surface area (Å²) in [6.07, 6.45) is -2.92. The van der Waals surface area contributed by atoms with Crippen LogP contribution in [0.25, 0.3) is 0 Å². The molecule has 1 rings (SSSR count). The Hall–Kier alpha value is -1.10. The first-order chi connectivity index (χ1) is 6.06. The molecule has 1 aromatic rings. The van der Waals surface area contributed by atoms with Gasteiger partial charge in [0.1, 0.15) is 5.69 Å². The van der Waals surface area contributed by atoms with Crippen LogP contribution in [0.4, 0.5) is 13.2 Å². The van der Waals surface area contributed by atoms with Crippen LogP contribution in [0.2, 0.25) is 0 Å². The molecule has 0 atom stereocenters. The monoisotopic (exact) mass is 191 g/mol. The predicted octanol–water partition coefficient (Wildman–Crippen LogP) is 1.96. The van der Waals surface area contributed by atoms with Gasteiger partial charge in [0.05, 0.1) is 6.61 Å². The standard InChI is InChI=1S/C8H8F3NO/c1-4-5(3-13)2-6(9)7(12-4)8(10)11/h2,8,13H,3H2,1H3. The number of rotatable bonds is 2. The van der Waals surface area contributed by atoms with Crippen molar-refractivity contribution in [3.05, 3.63) is 28.8 Å². The molecule has 0 aromatic carbocycles. The summed E-state index contributed by atoms with van der Waals surface area (Å²) in [4.78, 5) is 3.36. The van der Waals surface area contributed by atoms with E-state index in [9.17, 15) is 13.2 Å². The van der Waals surface area contributed by atoms with Gasteiger partial charge in [-0.25, -0.2) is 18.2 Å². The minimum atomic E-state index is -2.92. The highest BCUT2D eigenvalue weighted by atomic mass is 19.3. The van der Waals surface area contributed by atoms with Crippen molar-refractivity contribution in [2.45, 2.75) is 20.0 Å². The van der Waals surface area contributed by atoms with Crippen LogP contribution in [-0.2, 0) is 6.61 Å². The maximum atomic E-state index is 12.8. The third-order valence-electron chi connectivity index (χ3n) is 1.68. The molecule has 0 radical (unpaired) electrons. The summed E-state index contributed by atoms with van der Waals surface area (Å²) in [5, 5.41) is 8.68. The van der Waals surface area contributed by atoms with Gasteiger partial charge in [0.15, 0.2) is 5.82 Å². The number of halogens is 3. The maximum Gasteiger partial charge on any atom is 0.283 e. The van der Waals surface area contributed by atoms with Gasteiger partial charge >= 0.3 is 0 Å². The molecule has 13 heavy (non-hydrogen) atoms. The molecule has 2 nitrogen and oxygen atoms in total. The van der Waals surface area contributed by atoms with E-state index >= 15 is 0 Å².